The summed E-state index contributed by atoms with van der Waals surface area (Å²) < 4.78 is 7.69. The number of aryl methyl sites for hydroxylation is 1. The van der Waals surface area contributed by atoms with Gasteiger partial charge in [0.15, 0.2) is 0 Å². The van der Waals surface area contributed by atoms with Crippen molar-refractivity contribution in [1.29, 1.82) is 0 Å². The third-order valence-corrected chi connectivity index (χ3v) is 5.46. The third-order valence-electron chi connectivity index (χ3n) is 5.46. The minimum atomic E-state index is -0.135. The van der Waals surface area contributed by atoms with Gasteiger partial charge in [-0.1, -0.05) is 20.8 Å². The van der Waals surface area contributed by atoms with E-state index in [9.17, 15) is 4.79 Å². The molecule has 0 radical (unpaired) electrons. The van der Waals surface area contributed by atoms with E-state index < -0.39 is 0 Å². The maximum absolute atomic E-state index is 12.5. The summed E-state index contributed by atoms with van der Waals surface area (Å²) in [5.74, 6) is 1.96. The van der Waals surface area contributed by atoms with Crippen molar-refractivity contribution >= 4 is 5.97 Å². The first-order chi connectivity index (χ1) is 12.3. The quantitative estimate of drug-likeness (QED) is 0.697. The second-order valence-corrected chi connectivity index (χ2v) is 9.18. The topological polar surface area (TPSA) is 60.2 Å². The fourth-order valence-corrected chi connectivity index (χ4v) is 4.02. The monoisotopic (exact) mass is 362 g/mol. The van der Waals surface area contributed by atoms with Crippen molar-refractivity contribution in [3.05, 3.63) is 11.6 Å². The SMILES string of the molecule is CCOC(=O)[C@H]1CN(C)C[C@@H]1c1nnc(CCCC(C)(C)C)n1C1CC1. The first-order valence-corrected chi connectivity index (χ1v) is 10.1. The number of ether oxygens (including phenoxy) is 1. The van der Waals surface area contributed by atoms with Gasteiger partial charge in [-0.15, -0.1) is 10.2 Å². The van der Waals surface area contributed by atoms with Crippen LogP contribution in [-0.2, 0) is 16.0 Å². The summed E-state index contributed by atoms with van der Waals surface area (Å²) in [6.07, 6.45) is 5.67. The van der Waals surface area contributed by atoms with Crippen molar-refractivity contribution in [1.82, 2.24) is 19.7 Å². The van der Waals surface area contributed by atoms with Crippen LogP contribution in [0.4, 0.5) is 0 Å². The molecular weight excluding hydrogens is 328 g/mol. The summed E-state index contributed by atoms with van der Waals surface area (Å²) in [5, 5.41) is 9.13. The van der Waals surface area contributed by atoms with Crippen molar-refractivity contribution in [3.63, 3.8) is 0 Å². The second kappa shape index (κ2) is 7.67. The summed E-state index contributed by atoms with van der Waals surface area (Å²) in [5.41, 5.74) is 0.344. The number of likely N-dealkylation sites (N-methyl/N-ethyl adjacent to an activating group) is 1. The lowest BCUT2D eigenvalue weighted by Gasteiger charge is -2.19. The molecule has 2 aliphatic rings. The largest absolute Gasteiger partial charge is 0.466 e. The van der Waals surface area contributed by atoms with Crippen molar-refractivity contribution in [3.8, 4) is 0 Å². The van der Waals surface area contributed by atoms with Crippen LogP contribution < -0.4 is 0 Å². The van der Waals surface area contributed by atoms with Crippen LogP contribution in [-0.4, -0.2) is 52.4 Å². The standard InChI is InChI=1S/C20H34N4O2/c1-6-26-19(25)16-13-23(5)12-15(16)18-22-21-17(24(18)14-9-10-14)8-7-11-20(2,3)4/h14-16H,6-13H2,1-5H3/t15-,16-/m0/s1. The molecule has 0 amide bonds. The zero-order chi connectivity index (χ0) is 18.9. The molecule has 0 aromatic carbocycles. The lowest BCUT2D eigenvalue weighted by Crippen LogP contribution is -2.26. The van der Waals surface area contributed by atoms with Gasteiger partial charge in [0.05, 0.1) is 12.5 Å². The van der Waals surface area contributed by atoms with E-state index in [1.54, 1.807) is 0 Å². The zero-order valence-electron chi connectivity index (χ0n) is 17.0. The molecule has 3 rings (SSSR count). The Morgan fingerprint density at radius 1 is 1.23 bits per heavy atom. The highest BCUT2D eigenvalue weighted by Gasteiger charge is 2.43. The minimum Gasteiger partial charge on any atom is -0.466 e. The van der Waals surface area contributed by atoms with Crippen LogP contribution >= 0.6 is 0 Å². The van der Waals surface area contributed by atoms with Gasteiger partial charge < -0.3 is 14.2 Å². The first kappa shape index (κ1) is 19.3. The van der Waals surface area contributed by atoms with Gasteiger partial charge in [-0.2, -0.15) is 0 Å². The van der Waals surface area contributed by atoms with Crippen LogP contribution in [0.1, 0.15) is 77.0 Å². The molecule has 1 aliphatic carbocycles. The first-order valence-electron chi connectivity index (χ1n) is 10.1. The molecule has 2 fully saturated rings. The lowest BCUT2D eigenvalue weighted by atomic mass is 9.90. The molecule has 0 unspecified atom stereocenters. The van der Waals surface area contributed by atoms with Gasteiger partial charge in [-0.05, 0) is 45.1 Å². The summed E-state index contributed by atoms with van der Waals surface area (Å²) in [7, 11) is 2.06. The second-order valence-electron chi connectivity index (χ2n) is 9.18. The molecule has 1 aromatic heterocycles. The van der Waals surface area contributed by atoms with Crippen LogP contribution in [0.2, 0.25) is 0 Å². The highest BCUT2D eigenvalue weighted by Crippen LogP contribution is 2.41. The van der Waals surface area contributed by atoms with Crippen LogP contribution in [0, 0.1) is 11.3 Å². The molecule has 6 heteroatoms. The van der Waals surface area contributed by atoms with E-state index in [2.05, 4.69) is 47.5 Å². The Labute approximate surface area is 157 Å². The molecule has 2 atom stereocenters. The lowest BCUT2D eigenvalue weighted by molar-refractivity contribution is -0.148. The van der Waals surface area contributed by atoms with Gasteiger partial charge in [0.25, 0.3) is 0 Å². The van der Waals surface area contributed by atoms with Gasteiger partial charge in [0.1, 0.15) is 11.6 Å². The van der Waals surface area contributed by atoms with Crippen molar-refractivity contribution in [2.75, 3.05) is 26.7 Å². The van der Waals surface area contributed by atoms with Gasteiger partial charge in [-0.3, -0.25) is 4.79 Å². The predicted octanol–water partition coefficient (Wildman–Crippen LogP) is 3.19. The zero-order valence-corrected chi connectivity index (χ0v) is 17.0. The van der Waals surface area contributed by atoms with E-state index in [1.165, 1.54) is 19.3 Å². The van der Waals surface area contributed by atoms with E-state index >= 15 is 0 Å². The number of esters is 1. The fourth-order valence-electron chi connectivity index (χ4n) is 4.02. The Kier molecular flexibility index (Phi) is 5.70. The smallest absolute Gasteiger partial charge is 0.311 e. The van der Waals surface area contributed by atoms with Crippen molar-refractivity contribution in [2.24, 2.45) is 11.3 Å². The van der Waals surface area contributed by atoms with E-state index in [4.69, 9.17) is 4.74 Å². The summed E-state index contributed by atoms with van der Waals surface area (Å²) >= 11 is 0. The minimum absolute atomic E-state index is 0.0866. The third kappa shape index (κ3) is 4.45. The highest BCUT2D eigenvalue weighted by molar-refractivity contribution is 5.74. The molecule has 26 heavy (non-hydrogen) atoms. The molecule has 0 bridgehead atoms. The molecule has 6 nitrogen and oxygen atoms in total. The Balaban J connectivity index is 1.79. The summed E-state index contributed by atoms with van der Waals surface area (Å²) in [6, 6.07) is 0.526. The van der Waals surface area contributed by atoms with Crippen LogP contribution in [0.3, 0.4) is 0 Å². The molecule has 146 valence electrons. The molecule has 1 saturated carbocycles. The average Bonchev–Trinajstić information content (AvgIpc) is 3.18. The number of rotatable bonds is 7. The van der Waals surface area contributed by atoms with Gasteiger partial charge >= 0.3 is 5.97 Å². The Morgan fingerprint density at radius 3 is 2.58 bits per heavy atom. The highest BCUT2D eigenvalue weighted by atomic mass is 16.5. The van der Waals surface area contributed by atoms with E-state index in [1.807, 2.05) is 6.92 Å². The summed E-state index contributed by atoms with van der Waals surface area (Å²) in [4.78, 5) is 14.7. The number of carbonyl (C=O) groups excluding carboxylic acids is 1. The maximum Gasteiger partial charge on any atom is 0.311 e. The Morgan fingerprint density at radius 2 is 1.96 bits per heavy atom. The van der Waals surface area contributed by atoms with Gasteiger partial charge in [0.2, 0.25) is 0 Å². The Hall–Kier alpha value is -1.43. The van der Waals surface area contributed by atoms with Gasteiger partial charge in [0, 0.05) is 31.5 Å². The van der Waals surface area contributed by atoms with Crippen molar-refractivity contribution in [2.45, 2.75) is 71.8 Å². The summed E-state index contributed by atoms with van der Waals surface area (Å²) in [6.45, 7) is 10.7. The average molecular weight is 363 g/mol. The molecule has 1 aromatic rings. The number of hydrogen-bond donors (Lipinski definition) is 0. The number of carbonyl (C=O) groups is 1. The number of nitrogens with zero attached hydrogens (tertiary/aromatic N) is 4. The van der Waals surface area contributed by atoms with Crippen molar-refractivity contribution < 1.29 is 9.53 Å². The van der Waals surface area contributed by atoms with E-state index in [-0.39, 0.29) is 17.8 Å². The predicted molar refractivity (Wildman–Crippen MR) is 101 cm³/mol. The van der Waals surface area contributed by atoms with Crippen LogP contribution in [0.5, 0.6) is 0 Å². The Bertz CT molecular complexity index is 630. The fraction of sp³-hybridized carbons (Fsp3) is 0.850. The molecule has 0 N–H and O–H groups in total. The normalized spacial score (nSPS) is 24.2. The number of hydrogen-bond acceptors (Lipinski definition) is 5. The molecule has 2 heterocycles. The number of aromatic nitrogens is 3. The van der Waals surface area contributed by atoms with E-state index in [0.717, 1.165) is 37.6 Å². The van der Waals surface area contributed by atoms with Crippen LogP contribution in [0.15, 0.2) is 0 Å². The van der Waals surface area contributed by atoms with Gasteiger partial charge in [-0.25, -0.2) is 0 Å². The molecular formula is C20H34N4O2. The van der Waals surface area contributed by atoms with Crippen LogP contribution in [0.25, 0.3) is 0 Å². The molecule has 0 spiro atoms. The molecule has 1 aliphatic heterocycles. The van der Waals surface area contributed by atoms with E-state index in [0.29, 0.717) is 18.1 Å². The molecule has 1 saturated heterocycles. The number of likely N-dealkylation sites (tertiary alicyclic amines) is 1. The maximum atomic E-state index is 12.5.